The molecule has 1 amide bonds. The highest BCUT2D eigenvalue weighted by atomic mass is 35.5. The first kappa shape index (κ1) is 23.2. The van der Waals surface area contributed by atoms with Crippen LogP contribution in [-0.4, -0.2) is 35.9 Å². The summed E-state index contributed by atoms with van der Waals surface area (Å²) in [4.78, 5) is 19.3. The summed E-state index contributed by atoms with van der Waals surface area (Å²) in [5.74, 6) is -0.349. The third-order valence-electron chi connectivity index (χ3n) is 5.33. The number of piperidine rings is 1. The minimum absolute atomic E-state index is 0. The fourth-order valence-electron chi connectivity index (χ4n) is 3.92. The number of alkyl halides is 3. The fraction of sp³-hybridized carbons (Fsp3) is 0.429. The Hall–Kier alpha value is -2.12. The molecule has 2 heterocycles. The third kappa shape index (κ3) is 5.08. The van der Waals surface area contributed by atoms with Crippen molar-refractivity contribution in [3.8, 4) is 0 Å². The molecule has 8 heteroatoms. The van der Waals surface area contributed by atoms with E-state index in [2.05, 4.69) is 15.2 Å². The van der Waals surface area contributed by atoms with Gasteiger partial charge >= 0.3 is 6.18 Å². The highest BCUT2D eigenvalue weighted by Gasteiger charge is 2.38. The number of pyridine rings is 1. The lowest BCUT2D eigenvalue weighted by Gasteiger charge is -2.42. The molecule has 1 saturated heterocycles. The standard InChI is InChI=1S/C21H24F3N3O.ClH/c1-3-15-13-17(21(22,23)24)5-6-18(15)19(28)26-20(9-4-12-27(2)14-20)16-7-10-25-11-8-16;/h5-8,10-11,13H,3-4,9,12,14H2,1-2H3,(H,26,28);1H. The number of likely N-dealkylation sites (tertiary alicyclic amines) is 1. The summed E-state index contributed by atoms with van der Waals surface area (Å²) in [6.45, 7) is 3.31. The Morgan fingerprint density at radius 1 is 1.24 bits per heavy atom. The van der Waals surface area contributed by atoms with Gasteiger partial charge in [-0.25, -0.2) is 0 Å². The van der Waals surface area contributed by atoms with Gasteiger partial charge in [0.2, 0.25) is 0 Å². The van der Waals surface area contributed by atoms with E-state index in [1.54, 1.807) is 19.3 Å². The summed E-state index contributed by atoms with van der Waals surface area (Å²) in [7, 11) is 2.00. The van der Waals surface area contributed by atoms with E-state index < -0.39 is 17.3 Å². The van der Waals surface area contributed by atoms with E-state index in [0.717, 1.165) is 37.1 Å². The molecule has 1 unspecified atom stereocenters. The van der Waals surface area contributed by atoms with Crippen LogP contribution in [0.1, 0.15) is 46.8 Å². The van der Waals surface area contributed by atoms with Gasteiger partial charge in [0.1, 0.15) is 0 Å². The quantitative estimate of drug-likeness (QED) is 0.784. The highest BCUT2D eigenvalue weighted by molar-refractivity contribution is 5.96. The molecule has 1 fully saturated rings. The van der Waals surface area contributed by atoms with Crippen molar-refractivity contribution in [2.75, 3.05) is 20.1 Å². The van der Waals surface area contributed by atoms with Crippen LogP contribution in [0.5, 0.6) is 0 Å². The number of amides is 1. The molecule has 1 aliphatic rings. The molecule has 0 spiro atoms. The maximum Gasteiger partial charge on any atom is 0.416 e. The summed E-state index contributed by atoms with van der Waals surface area (Å²) in [5.41, 5.74) is 0.300. The SMILES string of the molecule is CCc1cc(C(F)(F)F)ccc1C(=O)NC1(c2ccncc2)CCCN(C)C1.Cl. The first-order chi connectivity index (χ1) is 13.2. The van der Waals surface area contributed by atoms with E-state index in [4.69, 9.17) is 0 Å². The van der Waals surface area contributed by atoms with E-state index in [0.29, 0.717) is 18.5 Å². The molecule has 2 aromatic rings. The zero-order valence-electron chi connectivity index (χ0n) is 16.4. The lowest BCUT2D eigenvalue weighted by molar-refractivity contribution is -0.137. The first-order valence-electron chi connectivity index (χ1n) is 9.37. The monoisotopic (exact) mass is 427 g/mol. The zero-order chi connectivity index (χ0) is 20.4. The van der Waals surface area contributed by atoms with Crippen LogP contribution in [0.3, 0.4) is 0 Å². The van der Waals surface area contributed by atoms with Crippen molar-refractivity contribution >= 4 is 18.3 Å². The van der Waals surface area contributed by atoms with Crippen molar-refractivity contribution in [1.82, 2.24) is 15.2 Å². The van der Waals surface area contributed by atoms with Gasteiger partial charge in [0.15, 0.2) is 0 Å². The number of hydrogen-bond donors (Lipinski definition) is 1. The van der Waals surface area contributed by atoms with E-state index in [1.165, 1.54) is 6.07 Å². The Labute approximate surface area is 174 Å². The van der Waals surface area contributed by atoms with Crippen LogP contribution >= 0.6 is 12.4 Å². The molecule has 1 aliphatic heterocycles. The Morgan fingerprint density at radius 2 is 1.93 bits per heavy atom. The summed E-state index contributed by atoms with van der Waals surface area (Å²) in [6, 6.07) is 7.09. The molecule has 158 valence electrons. The maximum atomic E-state index is 13.1. The molecule has 0 aliphatic carbocycles. The second-order valence-electron chi connectivity index (χ2n) is 7.34. The second-order valence-corrected chi connectivity index (χ2v) is 7.34. The summed E-state index contributed by atoms with van der Waals surface area (Å²) >= 11 is 0. The number of nitrogens with zero attached hydrogens (tertiary/aromatic N) is 2. The number of carbonyl (C=O) groups excluding carboxylic acids is 1. The molecule has 4 nitrogen and oxygen atoms in total. The Kier molecular flexibility index (Phi) is 7.30. The fourth-order valence-corrected chi connectivity index (χ4v) is 3.92. The van der Waals surface area contributed by atoms with E-state index in [1.807, 2.05) is 19.2 Å². The number of nitrogens with one attached hydrogen (secondary N) is 1. The number of rotatable bonds is 4. The number of aromatic nitrogens is 1. The van der Waals surface area contributed by atoms with Gasteiger partial charge in [0, 0.05) is 24.5 Å². The van der Waals surface area contributed by atoms with Crippen molar-refractivity contribution in [2.45, 2.75) is 37.9 Å². The first-order valence-corrected chi connectivity index (χ1v) is 9.37. The van der Waals surface area contributed by atoms with Crippen LogP contribution in [0.25, 0.3) is 0 Å². The molecule has 0 radical (unpaired) electrons. The lowest BCUT2D eigenvalue weighted by Crippen LogP contribution is -2.55. The molecule has 1 aromatic carbocycles. The predicted octanol–water partition coefficient (Wildman–Crippen LogP) is 4.44. The van der Waals surface area contributed by atoms with Crippen molar-refractivity contribution in [3.63, 3.8) is 0 Å². The highest BCUT2D eigenvalue weighted by Crippen LogP contribution is 2.33. The Morgan fingerprint density at radius 3 is 2.52 bits per heavy atom. The van der Waals surface area contributed by atoms with Crippen LogP contribution in [0.15, 0.2) is 42.7 Å². The van der Waals surface area contributed by atoms with Gasteiger partial charge in [0.25, 0.3) is 5.91 Å². The van der Waals surface area contributed by atoms with E-state index >= 15 is 0 Å². The largest absolute Gasteiger partial charge is 0.416 e. The van der Waals surface area contributed by atoms with Crippen molar-refractivity contribution in [1.29, 1.82) is 0 Å². The number of carbonyl (C=O) groups is 1. The number of likely N-dealkylation sites (N-methyl/N-ethyl adjacent to an activating group) is 1. The molecule has 1 atom stereocenters. The third-order valence-corrected chi connectivity index (χ3v) is 5.33. The number of aryl methyl sites for hydroxylation is 1. The smallest absolute Gasteiger partial charge is 0.341 e. The van der Waals surface area contributed by atoms with Gasteiger partial charge < -0.3 is 10.2 Å². The van der Waals surface area contributed by atoms with Gasteiger partial charge in [-0.15, -0.1) is 12.4 Å². The summed E-state index contributed by atoms with van der Waals surface area (Å²) in [5, 5.41) is 3.14. The lowest BCUT2D eigenvalue weighted by atomic mass is 9.82. The average Bonchev–Trinajstić information content (AvgIpc) is 2.67. The van der Waals surface area contributed by atoms with Gasteiger partial charge in [-0.1, -0.05) is 6.92 Å². The molecule has 29 heavy (non-hydrogen) atoms. The Bertz CT molecular complexity index is 845. The van der Waals surface area contributed by atoms with Crippen LogP contribution in [0.4, 0.5) is 13.2 Å². The molecule has 1 N–H and O–H groups in total. The van der Waals surface area contributed by atoms with Crippen LogP contribution < -0.4 is 5.32 Å². The van der Waals surface area contributed by atoms with Crippen molar-refractivity contribution in [3.05, 3.63) is 65.0 Å². The minimum atomic E-state index is -4.43. The van der Waals surface area contributed by atoms with Crippen LogP contribution in [-0.2, 0) is 18.1 Å². The molecular formula is C21H25ClF3N3O. The van der Waals surface area contributed by atoms with E-state index in [9.17, 15) is 18.0 Å². The molecule has 3 rings (SSSR count). The van der Waals surface area contributed by atoms with Gasteiger partial charge in [0.05, 0.1) is 11.1 Å². The molecular weight excluding hydrogens is 403 g/mol. The van der Waals surface area contributed by atoms with E-state index in [-0.39, 0.29) is 23.9 Å². The van der Waals surface area contributed by atoms with Gasteiger partial charge in [-0.2, -0.15) is 13.2 Å². The van der Waals surface area contributed by atoms with Crippen molar-refractivity contribution < 1.29 is 18.0 Å². The predicted molar refractivity (Wildman–Crippen MR) is 108 cm³/mol. The normalized spacial score (nSPS) is 20.0. The molecule has 0 saturated carbocycles. The average molecular weight is 428 g/mol. The topological polar surface area (TPSA) is 45.2 Å². The van der Waals surface area contributed by atoms with Crippen LogP contribution in [0, 0.1) is 0 Å². The number of benzene rings is 1. The minimum Gasteiger partial charge on any atom is -0.341 e. The summed E-state index contributed by atoms with van der Waals surface area (Å²) in [6.07, 6.45) is 0.959. The maximum absolute atomic E-state index is 13.1. The molecule has 0 bridgehead atoms. The molecule has 1 aromatic heterocycles. The summed E-state index contributed by atoms with van der Waals surface area (Å²) < 4.78 is 39.1. The van der Waals surface area contributed by atoms with Crippen LogP contribution in [0.2, 0.25) is 0 Å². The van der Waals surface area contributed by atoms with Gasteiger partial charge in [-0.3, -0.25) is 9.78 Å². The van der Waals surface area contributed by atoms with Crippen molar-refractivity contribution in [2.24, 2.45) is 0 Å². The number of halogens is 4. The second kappa shape index (κ2) is 9.13. The van der Waals surface area contributed by atoms with Gasteiger partial charge in [-0.05, 0) is 74.3 Å². The number of hydrogen-bond acceptors (Lipinski definition) is 3. The Balaban J connectivity index is 0.00000300. The zero-order valence-corrected chi connectivity index (χ0v) is 17.2.